The van der Waals surface area contributed by atoms with Crippen LogP contribution in [0.2, 0.25) is 0 Å². The highest BCUT2D eigenvalue weighted by Crippen LogP contribution is 2.30. The third kappa shape index (κ3) is 5.35. The molecule has 1 saturated heterocycles. The van der Waals surface area contributed by atoms with Gasteiger partial charge in [-0.3, -0.25) is 4.79 Å². The normalized spacial score (nSPS) is 14.8. The average Bonchev–Trinajstić information content (AvgIpc) is 2.99. The van der Waals surface area contributed by atoms with Crippen LogP contribution in [0, 0.1) is 13.8 Å². The minimum atomic E-state index is -3.94. The monoisotopic (exact) mass is 477 g/mol. The number of benzene rings is 1. The summed E-state index contributed by atoms with van der Waals surface area (Å²) in [6.45, 7) is 7.31. The Morgan fingerprint density at radius 1 is 1.06 bits per heavy atom. The van der Waals surface area contributed by atoms with Gasteiger partial charge in [0.2, 0.25) is 10.0 Å². The molecule has 2 aromatic rings. The molecule has 1 aromatic carbocycles. The summed E-state index contributed by atoms with van der Waals surface area (Å²) in [6.07, 6.45) is 4.07. The van der Waals surface area contributed by atoms with Gasteiger partial charge in [-0.25, -0.2) is 13.1 Å². The number of amides is 1. The molecule has 9 heteroatoms. The molecule has 182 valence electrons. The first kappa shape index (κ1) is 25.1. The highest BCUT2D eigenvalue weighted by molar-refractivity contribution is 7.89. The van der Waals surface area contributed by atoms with E-state index < -0.39 is 10.0 Å². The highest BCUT2D eigenvalue weighted by Gasteiger charge is 2.33. The quantitative estimate of drug-likeness (QED) is 0.628. The smallest absolute Gasteiger partial charge is 0.257 e. The number of likely N-dealkylation sites (tertiary alicyclic amines) is 1. The summed E-state index contributed by atoms with van der Waals surface area (Å²) in [5.74, 6) is 0.935. The Kier molecular flexibility index (Phi) is 8.07. The molecule has 0 aliphatic carbocycles. The maximum absolute atomic E-state index is 13.5. The zero-order valence-electron chi connectivity index (χ0n) is 20.2. The maximum Gasteiger partial charge on any atom is 0.257 e. The summed E-state index contributed by atoms with van der Waals surface area (Å²) in [5.41, 5.74) is 2.20. The van der Waals surface area contributed by atoms with Crippen molar-refractivity contribution in [2.24, 2.45) is 7.05 Å². The molecule has 1 aliphatic rings. The summed E-state index contributed by atoms with van der Waals surface area (Å²) < 4.78 is 42.2. The van der Waals surface area contributed by atoms with Crippen LogP contribution in [0.15, 0.2) is 23.1 Å². The zero-order valence-corrected chi connectivity index (χ0v) is 21.0. The Hall–Kier alpha value is -2.52. The summed E-state index contributed by atoms with van der Waals surface area (Å²) >= 11 is 0. The van der Waals surface area contributed by atoms with Crippen molar-refractivity contribution in [2.45, 2.75) is 57.9 Å². The summed E-state index contributed by atoms with van der Waals surface area (Å²) in [6, 6.07) is 5.31. The number of rotatable bonds is 8. The first-order valence-electron chi connectivity index (χ1n) is 11.5. The molecule has 0 radical (unpaired) electrons. The lowest BCUT2D eigenvalue weighted by Crippen LogP contribution is -2.34. The fraction of sp³-hybridized carbons (Fsp3) is 0.542. The van der Waals surface area contributed by atoms with E-state index in [9.17, 15) is 13.2 Å². The van der Waals surface area contributed by atoms with Crippen molar-refractivity contribution >= 4 is 15.9 Å². The Balaban J connectivity index is 1.90. The molecule has 0 atom stereocenters. The van der Waals surface area contributed by atoms with Gasteiger partial charge in [0, 0.05) is 38.1 Å². The predicted octanol–water partition coefficient (Wildman–Crippen LogP) is 3.54. The van der Waals surface area contributed by atoms with Crippen LogP contribution in [0.1, 0.15) is 59.9 Å². The molecule has 1 N–H and O–H groups in total. The Morgan fingerprint density at radius 3 is 2.33 bits per heavy atom. The third-order valence-electron chi connectivity index (χ3n) is 6.29. The zero-order chi connectivity index (χ0) is 24.2. The molecular formula is C24H35N3O5S. The van der Waals surface area contributed by atoms with Gasteiger partial charge in [-0.05, 0) is 51.3 Å². The van der Waals surface area contributed by atoms with Crippen molar-refractivity contribution in [3.63, 3.8) is 0 Å². The molecule has 0 spiro atoms. The van der Waals surface area contributed by atoms with Gasteiger partial charge in [-0.15, -0.1) is 0 Å². The third-order valence-corrected chi connectivity index (χ3v) is 7.86. The van der Waals surface area contributed by atoms with Crippen LogP contribution in [-0.4, -0.2) is 50.6 Å². The van der Waals surface area contributed by atoms with Gasteiger partial charge >= 0.3 is 0 Å². The second kappa shape index (κ2) is 10.6. The number of nitrogens with zero attached hydrogens (tertiary/aromatic N) is 2. The van der Waals surface area contributed by atoms with Gasteiger partial charge < -0.3 is 18.9 Å². The second-order valence-corrected chi connectivity index (χ2v) is 10.1. The highest BCUT2D eigenvalue weighted by atomic mass is 32.2. The molecule has 8 nitrogen and oxygen atoms in total. The number of carbonyl (C=O) groups excluding carboxylic acids is 1. The fourth-order valence-electron chi connectivity index (χ4n) is 4.28. The van der Waals surface area contributed by atoms with Crippen LogP contribution >= 0.6 is 0 Å². The molecule has 0 saturated carbocycles. The van der Waals surface area contributed by atoms with E-state index in [2.05, 4.69) is 4.72 Å². The van der Waals surface area contributed by atoms with Crippen LogP contribution < -0.4 is 14.2 Å². The minimum absolute atomic E-state index is 0.0645. The SMILES string of the molecule is CCOc1ccc(CNS(=O)(=O)c2c(C(=O)N3CCCCCC3)c(C)n(C)c2C)cc1OC. The Morgan fingerprint density at radius 2 is 1.73 bits per heavy atom. The summed E-state index contributed by atoms with van der Waals surface area (Å²) in [5, 5.41) is 0. The van der Waals surface area contributed by atoms with Crippen LogP contribution in [0.5, 0.6) is 11.5 Å². The van der Waals surface area contributed by atoms with E-state index in [1.165, 1.54) is 0 Å². The molecule has 33 heavy (non-hydrogen) atoms. The van der Waals surface area contributed by atoms with Gasteiger partial charge in [0.15, 0.2) is 11.5 Å². The van der Waals surface area contributed by atoms with E-state index in [1.807, 2.05) is 6.92 Å². The van der Waals surface area contributed by atoms with Crippen LogP contribution in [0.25, 0.3) is 0 Å². The lowest BCUT2D eigenvalue weighted by atomic mass is 10.2. The van der Waals surface area contributed by atoms with Crippen molar-refractivity contribution in [3.8, 4) is 11.5 Å². The van der Waals surface area contributed by atoms with E-state index >= 15 is 0 Å². The molecule has 3 rings (SSSR count). The van der Waals surface area contributed by atoms with Gasteiger partial charge in [0.1, 0.15) is 4.90 Å². The number of nitrogens with one attached hydrogen (secondary N) is 1. The van der Waals surface area contributed by atoms with Gasteiger partial charge in [0.25, 0.3) is 5.91 Å². The molecular weight excluding hydrogens is 442 g/mol. The summed E-state index contributed by atoms with van der Waals surface area (Å²) in [7, 11) is -0.608. The van der Waals surface area contributed by atoms with E-state index in [-0.39, 0.29) is 22.9 Å². The van der Waals surface area contributed by atoms with Gasteiger partial charge in [-0.1, -0.05) is 18.9 Å². The van der Waals surface area contributed by atoms with Crippen LogP contribution in [0.3, 0.4) is 0 Å². The van der Waals surface area contributed by atoms with Crippen LogP contribution in [-0.2, 0) is 23.6 Å². The first-order valence-corrected chi connectivity index (χ1v) is 12.9. The number of hydrogen-bond acceptors (Lipinski definition) is 5. The number of sulfonamides is 1. The number of aromatic nitrogens is 1. The average molecular weight is 478 g/mol. The molecule has 1 amide bonds. The van der Waals surface area contributed by atoms with Gasteiger partial charge in [-0.2, -0.15) is 0 Å². The summed E-state index contributed by atoms with van der Waals surface area (Å²) in [4.78, 5) is 15.3. The Labute approximate surface area is 196 Å². The number of carbonyl (C=O) groups is 1. The van der Waals surface area contributed by atoms with Gasteiger partial charge in [0.05, 0.1) is 19.3 Å². The van der Waals surface area contributed by atoms with E-state index in [0.29, 0.717) is 42.6 Å². The number of hydrogen-bond donors (Lipinski definition) is 1. The minimum Gasteiger partial charge on any atom is -0.493 e. The van der Waals surface area contributed by atoms with Crippen molar-refractivity contribution in [1.82, 2.24) is 14.2 Å². The van der Waals surface area contributed by atoms with Crippen molar-refractivity contribution in [3.05, 3.63) is 40.7 Å². The standard InChI is InChI=1S/C24H35N3O5S/c1-6-32-20-12-11-19(15-21(20)31-5)16-25-33(29,30)23-18(3)26(4)17(2)22(23)24(28)27-13-9-7-8-10-14-27/h11-12,15,25H,6-10,13-14,16H2,1-5H3. The lowest BCUT2D eigenvalue weighted by Gasteiger charge is -2.21. The van der Waals surface area contributed by atoms with E-state index in [0.717, 1.165) is 31.2 Å². The molecule has 1 fully saturated rings. The second-order valence-electron chi connectivity index (χ2n) is 8.38. The molecule has 2 heterocycles. The predicted molar refractivity (Wildman–Crippen MR) is 127 cm³/mol. The van der Waals surface area contributed by atoms with Crippen molar-refractivity contribution < 1.29 is 22.7 Å². The van der Waals surface area contributed by atoms with Crippen molar-refractivity contribution in [1.29, 1.82) is 0 Å². The first-order chi connectivity index (χ1) is 15.7. The number of methoxy groups -OCH3 is 1. The molecule has 0 bridgehead atoms. The van der Waals surface area contributed by atoms with Crippen molar-refractivity contribution in [2.75, 3.05) is 26.8 Å². The maximum atomic E-state index is 13.5. The molecule has 1 aliphatic heterocycles. The van der Waals surface area contributed by atoms with Crippen LogP contribution in [0.4, 0.5) is 0 Å². The largest absolute Gasteiger partial charge is 0.493 e. The Bertz CT molecular complexity index is 1100. The van der Waals surface area contributed by atoms with E-state index in [1.54, 1.807) is 55.7 Å². The lowest BCUT2D eigenvalue weighted by molar-refractivity contribution is 0.0757. The fourth-order valence-corrected chi connectivity index (χ4v) is 5.81. The molecule has 1 aromatic heterocycles. The topological polar surface area (TPSA) is 89.9 Å². The number of ether oxygens (including phenoxy) is 2. The molecule has 0 unspecified atom stereocenters. The van der Waals surface area contributed by atoms with E-state index in [4.69, 9.17) is 9.47 Å².